The van der Waals surface area contributed by atoms with Crippen molar-refractivity contribution in [2.75, 3.05) is 11.9 Å². The van der Waals surface area contributed by atoms with Crippen molar-refractivity contribution in [2.45, 2.75) is 6.18 Å². The Kier molecular flexibility index (Phi) is 5.55. The Hall–Kier alpha value is -3.07. The number of halogens is 5. The van der Waals surface area contributed by atoms with E-state index in [0.29, 0.717) is 6.07 Å². The smallest absolute Gasteiger partial charge is 0.435 e. The maximum absolute atomic E-state index is 13.1. The summed E-state index contributed by atoms with van der Waals surface area (Å²) in [6.07, 6.45) is -4.71. The first-order valence-corrected chi connectivity index (χ1v) is 8.22. The summed E-state index contributed by atoms with van der Waals surface area (Å²) >= 11 is 6.03. The van der Waals surface area contributed by atoms with Gasteiger partial charge in [0, 0.05) is 11.8 Å². The lowest BCUT2D eigenvalue weighted by Crippen LogP contribution is -2.21. The average molecular weight is 414 g/mol. The monoisotopic (exact) mass is 413 g/mol. The van der Waals surface area contributed by atoms with Crippen LogP contribution >= 0.6 is 11.6 Å². The van der Waals surface area contributed by atoms with E-state index in [0.717, 1.165) is 10.7 Å². The summed E-state index contributed by atoms with van der Waals surface area (Å²) in [5, 5.41) is 6.01. The van der Waals surface area contributed by atoms with Gasteiger partial charge in [0.15, 0.2) is 12.3 Å². The zero-order valence-electron chi connectivity index (χ0n) is 14.0. The van der Waals surface area contributed by atoms with Crippen molar-refractivity contribution < 1.29 is 27.1 Å². The standard InChI is InChI=1S/C18H12ClF4N3O2/c19-13-6-1-2-7-14(13)26-17(9-15(25-26)18(21,22)23)28-10-16(27)24-12-5-3-4-11(20)8-12/h1-9H,10H2,(H,24,27). The van der Waals surface area contributed by atoms with E-state index in [2.05, 4.69) is 10.4 Å². The molecule has 28 heavy (non-hydrogen) atoms. The molecular weight excluding hydrogens is 402 g/mol. The van der Waals surface area contributed by atoms with E-state index in [-0.39, 0.29) is 22.3 Å². The van der Waals surface area contributed by atoms with Crippen LogP contribution in [0.3, 0.4) is 0 Å². The van der Waals surface area contributed by atoms with Crippen LogP contribution in [-0.4, -0.2) is 22.3 Å². The van der Waals surface area contributed by atoms with E-state index >= 15 is 0 Å². The van der Waals surface area contributed by atoms with Gasteiger partial charge >= 0.3 is 6.18 Å². The molecule has 1 N–H and O–H groups in total. The van der Waals surface area contributed by atoms with Gasteiger partial charge in [-0.2, -0.15) is 23.0 Å². The van der Waals surface area contributed by atoms with Crippen molar-refractivity contribution in [3.8, 4) is 11.6 Å². The molecule has 1 amide bonds. The number of nitrogens with one attached hydrogen (secondary N) is 1. The molecule has 0 radical (unpaired) electrons. The van der Waals surface area contributed by atoms with Gasteiger partial charge in [0.05, 0.1) is 10.7 Å². The molecule has 3 rings (SSSR count). The number of aromatic nitrogens is 2. The summed E-state index contributed by atoms with van der Waals surface area (Å²) in [6, 6.07) is 11.9. The van der Waals surface area contributed by atoms with E-state index in [4.69, 9.17) is 16.3 Å². The van der Waals surface area contributed by atoms with Crippen LogP contribution in [0.25, 0.3) is 5.69 Å². The van der Waals surface area contributed by atoms with Gasteiger partial charge in [-0.1, -0.05) is 29.8 Å². The van der Waals surface area contributed by atoms with Gasteiger partial charge in [0.1, 0.15) is 5.82 Å². The minimum atomic E-state index is -4.71. The molecular formula is C18H12ClF4N3O2. The summed E-state index contributed by atoms with van der Waals surface area (Å²) in [5.41, 5.74) is -0.864. The second-order valence-corrected chi connectivity index (χ2v) is 5.98. The van der Waals surface area contributed by atoms with Crippen molar-refractivity contribution in [3.05, 3.63) is 71.1 Å². The van der Waals surface area contributed by atoms with Crippen molar-refractivity contribution in [1.82, 2.24) is 9.78 Å². The van der Waals surface area contributed by atoms with Crippen molar-refractivity contribution >= 4 is 23.2 Å². The second-order valence-electron chi connectivity index (χ2n) is 5.58. The molecule has 10 heteroatoms. The zero-order valence-corrected chi connectivity index (χ0v) is 14.8. The maximum Gasteiger partial charge on any atom is 0.435 e. The highest BCUT2D eigenvalue weighted by Crippen LogP contribution is 2.33. The maximum atomic E-state index is 13.1. The first-order valence-electron chi connectivity index (χ1n) is 7.84. The van der Waals surface area contributed by atoms with Crippen LogP contribution in [0, 0.1) is 5.82 Å². The third kappa shape index (κ3) is 4.61. The Bertz CT molecular complexity index is 1000. The van der Waals surface area contributed by atoms with E-state index in [9.17, 15) is 22.4 Å². The molecule has 0 aliphatic rings. The largest absolute Gasteiger partial charge is 0.467 e. The quantitative estimate of drug-likeness (QED) is 0.617. The summed E-state index contributed by atoms with van der Waals surface area (Å²) in [4.78, 5) is 12.0. The van der Waals surface area contributed by atoms with Gasteiger partial charge in [0.2, 0.25) is 5.88 Å². The Balaban J connectivity index is 1.81. The van der Waals surface area contributed by atoms with Gasteiger partial charge in [0.25, 0.3) is 5.91 Å². The number of nitrogens with zero attached hydrogens (tertiary/aromatic N) is 2. The van der Waals surface area contributed by atoms with Crippen LogP contribution in [0.1, 0.15) is 5.69 Å². The summed E-state index contributed by atoms with van der Waals surface area (Å²) in [6.45, 7) is -0.621. The number of alkyl halides is 3. The highest BCUT2D eigenvalue weighted by Gasteiger charge is 2.36. The number of carbonyl (C=O) groups excluding carboxylic acids is 1. The topological polar surface area (TPSA) is 56.1 Å². The van der Waals surface area contributed by atoms with Crippen LogP contribution in [0.4, 0.5) is 23.2 Å². The van der Waals surface area contributed by atoms with Gasteiger partial charge in [-0.3, -0.25) is 4.79 Å². The first kappa shape index (κ1) is 19.7. The molecule has 0 unspecified atom stereocenters. The van der Waals surface area contributed by atoms with Gasteiger partial charge < -0.3 is 10.1 Å². The van der Waals surface area contributed by atoms with Crippen molar-refractivity contribution in [1.29, 1.82) is 0 Å². The summed E-state index contributed by atoms with van der Waals surface area (Å²) < 4.78 is 58.4. The molecule has 0 saturated carbocycles. The Morgan fingerprint density at radius 2 is 1.89 bits per heavy atom. The number of ether oxygens (including phenoxy) is 1. The molecule has 2 aromatic carbocycles. The lowest BCUT2D eigenvalue weighted by Gasteiger charge is -2.10. The zero-order chi connectivity index (χ0) is 20.3. The van der Waals surface area contributed by atoms with E-state index < -0.39 is 30.2 Å². The third-order valence-corrected chi connectivity index (χ3v) is 3.83. The van der Waals surface area contributed by atoms with Crippen molar-refractivity contribution in [3.63, 3.8) is 0 Å². The average Bonchev–Trinajstić information content (AvgIpc) is 3.05. The lowest BCUT2D eigenvalue weighted by atomic mass is 10.3. The number of carbonyl (C=O) groups is 1. The van der Waals surface area contributed by atoms with E-state index in [1.54, 1.807) is 12.1 Å². The molecule has 146 valence electrons. The molecule has 0 fully saturated rings. The predicted molar refractivity (Wildman–Crippen MR) is 94.1 cm³/mol. The molecule has 1 aromatic heterocycles. The first-order chi connectivity index (χ1) is 13.2. The molecule has 1 heterocycles. The fourth-order valence-corrected chi connectivity index (χ4v) is 2.52. The Morgan fingerprint density at radius 3 is 2.57 bits per heavy atom. The molecule has 0 bridgehead atoms. The normalized spacial score (nSPS) is 11.3. The number of hydrogen-bond donors (Lipinski definition) is 1. The second kappa shape index (κ2) is 7.89. The number of hydrogen-bond acceptors (Lipinski definition) is 3. The minimum absolute atomic E-state index is 0.147. The SMILES string of the molecule is O=C(COc1cc(C(F)(F)F)nn1-c1ccccc1Cl)Nc1cccc(F)c1. The van der Waals surface area contributed by atoms with Crippen molar-refractivity contribution in [2.24, 2.45) is 0 Å². The van der Waals surface area contributed by atoms with Crippen LogP contribution in [0.15, 0.2) is 54.6 Å². The van der Waals surface area contributed by atoms with Crippen LogP contribution in [-0.2, 0) is 11.0 Å². The molecule has 0 atom stereocenters. The number of anilines is 1. The molecule has 0 aliphatic carbocycles. The number of para-hydroxylation sites is 1. The van der Waals surface area contributed by atoms with E-state index in [1.807, 2.05) is 0 Å². The highest BCUT2D eigenvalue weighted by molar-refractivity contribution is 6.32. The molecule has 0 spiro atoms. The van der Waals surface area contributed by atoms with Gasteiger partial charge in [-0.15, -0.1) is 0 Å². The van der Waals surface area contributed by atoms with Gasteiger partial charge in [-0.25, -0.2) is 4.39 Å². The molecule has 3 aromatic rings. The summed E-state index contributed by atoms with van der Waals surface area (Å²) in [5.74, 6) is -1.56. The third-order valence-electron chi connectivity index (χ3n) is 3.51. The van der Waals surface area contributed by atoms with Gasteiger partial charge in [-0.05, 0) is 30.3 Å². The highest BCUT2D eigenvalue weighted by atomic mass is 35.5. The van der Waals surface area contributed by atoms with Crippen LogP contribution < -0.4 is 10.1 Å². The summed E-state index contributed by atoms with van der Waals surface area (Å²) in [7, 11) is 0. The van der Waals surface area contributed by atoms with E-state index in [1.165, 1.54) is 30.3 Å². The van der Waals surface area contributed by atoms with Crippen LogP contribution in [0.5, 0.6) is 5.88 Å². The minimum Gasteiger partial charge on any atom is -0.467 e. The number of amides is 1. The number of benzene rings is 2. The number of rotatable bonds is 5. The molecule has 0 saturated heterocycles. The lowest BCUT2D eigenvalue weighted by molar-refractivity contribution is -0.141. The molecule has 5 nitrogen and oxygen atoms in total. The Labute approximate surface area is 161 Å². The molecule has 0 aliphatic heterocycles. The fourth-order valence-electron chi connectivity index (χ4n) is 2.30. The Morgan fingerprint density at radius 1 is 1.14 bits per heavy atom. The fraction of sp³-hybridized carbons (Fsp3) is 0.111. The van der Waals surface area contributed by atoms with Crippen LogP contribution in [0.2, 0.25) is 5.02 Å². The predicted octanol–water partition coefficient (Wildman–Crippen LogP) is 4.70.